The van der Waals surface area contributed by atoms with E-state index in [9.17, 15) is 4.79 Å². The molecule has 2 aliphatic heterocycles. The van der Waals surface area contributed by atoms with Crippen LogP contribution in [-0.2, 0) is 11.3 Å². The fourth-order valence-electron chi connectivity index (χ4n) is 5.13. The Kier molecular flexibility index (Phi) is 4.71. The number of benzene rings is 2. The van der Waals surface area contributed by atoms with Crippen LogP contribution in [0.1, 0.15) is 60.8 Å². The summed E-state index contributed by atoms with van der Waals surface area (Å²) in [6.07, 6.45) is 5.80. The van der Waals surface area contributed by atoms with E-state index in [0.717, 1.165) is 38.0 Å². The van der Waals surface area contributed by atoms with Gasteiger partial charge in [0.25, 0.3) is 0 Å². The second-order valence-electron chi connectivity index (χ2n) is 8.33. The first-order valence-corrected chi connectivity index (χ1v) is 10.7. The second kappa shape index (κ2) is 7.50. The number of nitrogens with zero attached hydrogens (tertiary/aromatic N) is 2. The molecule has 0 spiro atoms. The number of anilines is 1. The van der Waals surface area contributed by atoms with Gasteiger partial charge in [0, 0.05) is 25.3 Å². The van der Waals surface area contributed by atoms with Crippen LogP contribution in [0.15, 0.2) is 48.5 Å². The zero-order valence-electron chi connectivity index (χ0n) is 16.3. The molecule has 3 aliphatic rings. The molecule has 2 aromatic rings. The highest BCUT2D eigenvalue weighted by molar-refractivity contribution is 5.70. The SMILES string of the molecule is O=C(OCc1ccccc1)N1CCC2C[C@@H]1c1cc(N3CCCCC3)ccc12. The van der Waals surface area contributed by atoms with Gasteiger partial charge in [0.1, 0.15) is 6.61 Å². The number of rotatable bonds is 3. The number of ether oxygens (including phenoxy) is 1. The van der Waals surface area contributed by atoms with E-state index in [1.165, 1.54) is 36.1 Å². The number of carbonyl (C=O) groups excluding carboxylic acids is 1. The maximum absolute atomic E-state index is 12.8. The van der Waals surface area contributed by atoms with Crippen molar-refractivity contribution < 1.29 is 9.53 Å². The largest absolute Gasteiger partial charge is 0.445 e. The molecular formula is C24H28N2O2. The van der Waals surface area contributed by atoms with Crippen LogP contribution in [0, 0.1) is 0 Å². The third-order valence-corrected chi connectivity index (χ3v) is 6.63. The number of hydrogen-bond donors (Lipinski definition) is 0. The Bertz CT molecular complexity index is 845. The zero-order valence-corrected chi connectivity index (χ0v) is 16.3. The van der Waals surface area contributed by atoms with Crippen molar-refractivity contribution >= 4 is 11.8 Å². The van der Waals surface area contributed by atoms with E-state index in [1.807, 2.05) is 35.2 Å². The van der Waals surface area contributed by atoms with Crippen molar-refractivity contribution in [3.8, 4) is 0 Å². The van der Waals surface area contributed by atoms with Crippen molar-refractivity contribution in [1.82, 2.24) is 4.90 Å². The van der Waals surface area contributed by atoms with Crippen molar-refractivity contribution in [1.29, 1.82) is 0 Å². The van der Waals surface area contributed by atoms with Gasteiger partial charge in [0.05, 0.1) is 6.04 Å². The van der Waals surface area contributed by atoms with Crippen molar-refractivity contribution in [2.45, 2.75) is 50.7 Å². The first-order chi connectivity index (χ1) is 13.8. The predicted molar refractivity (Wildman–Crippen MR) is 111 cm³/mol. The van der Waals surface area contributed by atoms with Gasteiger partial charge in [-0.05, 0) is 66.8 Å². The molecule has 2 bridgehead atoms. The first kappa shape index (κ1) is 17.6. The zero-order chi connectivity index (χ0) is 18.9. The molecule has 2 saturated heterocycles. The molecule has 1 amide bonds. The monoisotopic (exact) mass is 376 g/mol. The summed E-state index contributed by atoms with van der Waals surface area (Å²) in [6, 6.07) is 17.1. The molecule has 146 valence electrons. The van der Waals surface area contributed by atoms with Crippen LogP contribution in [-0.4, -0.2) is 30.6 Å². The summed E-state index contributed by atoms with van der Waals surface area (Å²) in [4.78, 5) is 17.3. The lowest BCUT2D eigenvalue weighted by molar-refractivity contribution is 0.0694. The summed E-state index contributed by atoms with van der Waals surface area (Å²) in [5.41, 5.74) is 5.15. The lowest BCUT2D eigenvalue weighted by atomic mass is 9.95. The molecule has 0 N–H and O–H groups in total. The lowest BCUT2D eigenvalue weighted by Crippen LogP contribution is -2.38. The number of piperidine rings is 2. The summed E-state index contributed by atoms with van der Waals surface area (Å²) in [5, 5.41) is 0. The average molecular weight is 377 g/mol. The Hall–Kier alpha value is -2.49. The molecule has 2 aromatic carbocycles. The Morgan fingerprint density at radius 3 is 2.61 bits per heavy atom. The Morgan fingerprint density at radius 2 is 1.79 bits per heavy atom. The standard InChI is InChI=1S/C24H28N2O2/c27-24(28-17-18-7-3-1-4-8-18)26-14-11-19-15-23(26)22-16-20(9-10-21(19)22)25-12-5-2-6-13-25/h1,3-4,7-10,16,19,23H,2,5-6,11-15,17H2/t19?,23-/m1/s1. The summed E-state index contributed by atoms with van der Waals surface area (Å²) in [5.74, 6) is 0.591. The fourth-order valence-corrected chi connectivity index (χ4v) is 5.13. The topological polar surface area (TPSA) is 32.8 Å². The van der Waals surface area contributed by atoms with Crippen molar-refractivity contribution in [2.75, 3.05) is 24.5 Å². The van der Waals surface area contributed by atoms with Gasteiger partial charge in [-0.1, -0.05) is 36.4 Å². The Morgan fingerprint density at radius 1 is 0.964 bits per heavy atom. The van der Waals surface area contributed by atoms with Crippen LogP contribution in [0.5, 0.6) is 0 Å². The van der Waals surface area contributed by atoms with Crippen molar-refractivity contribution in [3.05, 3.63) is 65.2 Å². The highest BCUT2D eigenvalue weighted by atomic mass is 16.6. The highest BCUT2D eigenvalue weighted by Crippen LogP contribution is 2.50. The second-order valence-corrected chi connectivity index (χ2v) is 8.33. The van der Waals surface area contributed by atoms with Crippen LogP contribution in [0.25, 0.3) is 0 Å². The van der Waals surface area contributed by atoms with Crippen LogP contribution < -0.4 is 4.90 Å². The molecule has 0 aromatic heterocycles. The Balaban J connectivity index is 1.33. The van der Waals surface area contributed by atoms with E-state index in [-0.39, 0.29) is 12.1 Å². The van der Waals surface area contributed by atoms with Gasteiger partial charge in [0.15, 0.2) is 0 Å². The molecule has 4 heteroatoms. The first-order valence-electron chi connectivity index (χ1n) is 10.7. The van der Waals surface area contributed by atoms with E-state index >= 15 is 0 Å². The van der Waals surface area contributed by atoms with Gasteiger partial charge in [-0.2, -0.15) is 0 Å². The Labute approximate surface area is 167 Å². The van der Waals surface area contributed by atoms with Gasteiger partial charge in [-0.25, -0.2) is 4.79 Å². The van der Waals surface area contributed by atoms with Crippen LogP contribution in [0.3, 0.4) is 0 Å². The molecule has 0 radical (unpaired) electrons. The molecule has 5 rings (SSSR count). The number of carbonyl (C=O) groups is 1. The van der Waals surface area contributed by atoms with Crippen LogP contribution in [0.4, 0.5) is 10.5 Å². The number of amides is 1. The van der Waals surface area contributed by atoms with Crippen molar-refractivity contribution in [3.63, 3.8) is 0 Å². The molecular weight excluding hydrogens is 348 g/mol. The van der Waals surface area contributed by atoms with Gasteiger partial charge in [-0.15, -0.1) is 0 Å². The molecule has 1 unspecified atom stereocenters. The van der Waals surface area contributed by atoms with Gasteiger partial charge in [-0.3, -0.25) is 0 Å². The fraction of sp³-hybridized carbons (Fsp3) is 0.458. The number of likely N-dealkylation sites (tertiary alicyclic amines) is 1. The normalized spacial score (nSPS) is 23.4. The minimum atomic E-state index is -0.177. The average Bonchev–Trinajstić information content (AvgIpc) is 3.05. The number of hydrogen-bond acceptors (Lipinski definition) is 3. The van der Waals surface area contributed by atoms with Gasteiger partial charge < -0.3 is 14.5 Å². The van der Waals surface area contributed by atoms with E-state index < -0.39 is 0 Å². The summed E-state index contributed by atoms with van der Waals surface area (Å²) >= 11 is 0. The summed E-state index contributed by atoms with van der Waals surface area (Å²) in [6.45, 7) is 3.43. The molecule has 1 aliphatic carbocycles. The molecule has 2 heterocycles. The maximum atomic E-state index is 12.8. The summed E-state index contributed by atoms with van der Waals surface area (Å²) < 4.78 is 5.66. The third-order valence-electron chi connectivity index (χ3n) is 6.63. The molecule has 4 nitrogen and oxygen atoms in total. The quantitative estimate of drug-likeness (QED) is 0.734. The van der Waals surface area contributed by atoms with E-state index in [4.69, 9.17) is 4.74 Å². The molecule has 28 heavy (non-hydrogen) atoms. The third kappa shape index (κ3) is 3.25. The van der Waals surface area contributed by atoms with Gasteiger partial charge in [0.2, 0.25) is 0 Å². The minimum Gasteiger partial charge on any atom is -0.445 e. The lowest BCUT2D eigenvalue weighted by Gasteiger charge is -2.33. The molecule has 0 saturated carbocycles. The van der Waals surface area contributed by atoms with Crippen molar-refractivity contribution in [2.24, 2.45) is 0 Å². The van der Waals surface area contributed by atoms with E-state index in [0.29, 0.717) is 12.5 Å². The highest BCUT2D eigenvalue weighted by Gasteiger charge is 2.41. The van der Waals surface area contributed by atoms with Crippen LogP contribution >= 0.6 is 0 Å². The predicted octanol–water partition coefficient (Wildman–Crippen LogP) is 5.25. The van der Waals surface area contributed by atoms with E-state index in [1.54, 1.807) is 0 Å². The molecule has 2 fully saturated rings. The number of fused-ring (bicyclic) bond motifs is 5. The minimum absolute atomic E-state index is 0.168. The van der Waals surface area contributed by atoms with E-state index in [2.05, 4.69) is 23.1 Å². The summed E-state index contributed by atoms with van der Waals surface area (Å²) in [7, 11) is 0. The maximum Gasteiger partial charge on any atom is 0.410 e. The smallest absolute Gasteiger partial charge is 0.410 e. The van der Waals surface area contributed by atoms with Gasteiger partial charge >= 0.3 is 6.09 Å². The molecule has 2 atom stereocenters. The van der Waals surface area contributed by atoms with Crippen LogP contribution in [0.2, 0.25) is 0 Å².